The molecule has 2 aromatic heterocycles. The Labute approximate surface area is 137 Å². The van der Waals surface area contributed by atoms with E-state index in [1.807, 2.05) is 6.07 Å². The van der Waals surface area contributed by atoms with Crippen LogP contribution < -0.4 is 4.90 Å². The molecule has 0 bridgehead atoms. The molecule has 24 heavy (non-hydrogen) atoms. The first-order valence-electron chi connectivity index (χ1n) is 8.21. The molecule has 128 valence electrons. The fraction of sp³-hybridized carbons (Fsp3) is 0.562. The minimum Gasteiger partial charge on any atom is -0.354 e. The lowest BCUT2D eigenvalue weighted by Crippen LogP contribution is -2.37. The number of piperidine rings is 1. The van der Waals surface area contributed by atoms with Crippen molar-refractivity contribution < 1.29 is 13.2 Å². The molecule has 1 aliphatic carbocycles. The van der Waals surface area contributed by atoms with Gasteiger partial charge in [-0.1, -0.05) is 0 Å². The third-order valence-corrected chi connectivity index (χ3v) is 4.60. The summed E-state index contributed by atoms with van der Waals surface area (Å²) in [4.78, 5) is 11.1. The van der Waals surface area contributed by atoms with Crippen molar-refractivity contribution in [2.45, 2.75) is 43.8 Å². The smallest absolute Gasteiger partial charge is 0.354 e. The van der Waals surface area contributed by atoms with Crippen molar-refractivity contribution in [3.05, 3.63) is 36.0 Å². The summed E-state index contributed by atoms with van der Waals surface area (Å²) in [7, 11) is 0. The Hall–Kier alpha value is -2.12. The molecular formula is C16H18F3N5. The minimum absolute atomic E-state index is 0.0748. The van der Waals surface area contributed by atoms with E-state index < -0.39 is 11.9 Å². The van der Waals surface area contributed by atoms with E-state index in [0.29, 0.717) is 12.5 Å². The first kappa shape index (κ1) is 15.4. The predicted molar refractivity (Wildman–Crippen MR) is 81.7 cm³/mol. The zero-order chi connectivity index (χ0) is 16.7. The Kier molecular flexibility index (Phi) is 3.69. The third-order valence-electron chi connectivity index (χ3n) is 4.60. The van der Waals surface area contributed by atoms with Gasteiger partial charge in [-0.3, -0.25) is 4.68 Å². The molecule has 0 radical (unpaired) electrons. The van der Waals surface area contributed by atoms with Crippen LogP contribution in [0.15, 0.2) is 24.5 Å². The summed E-state index contributed by atoms with van der Waals surface area (Å²) in [6, 6.07) is 2.84. The van der Waals surface area contributed by atoms with Crippen LogP contribution in [-0.2, 0) is 6.18 Å². The molecule has 2 aliphatic rings. The number of anilines is 1. The highest BCUT2D eigenvalue weighted by molar-refractivity contribution is 5.39. The van der Waals surface area contributed by atoms with Gasteiger partial charge in [-0.2, -0.15) is 18.3 Å². The second kappa shape index (κ2) is 5.75. The molecule has 5 nitrogen and oxygen atoms in total. The summed E-state index contributed by atoms with van der Waals surface area (Å²) >= 11 is 0. The van der Waals surface area contributed by atoms with Gasteiger partial charge in [0.15, 0.2) is 5.69 Å². The third kappa shape index (κ3) is 3.09. The van der Waals surface area contributed by atoms with Gasteiger partial charge in [0.2, 0.25) is 0 Å². The van der Waals surface area contributed by atoms with E-state index in [1.165, 1.54) is 10.9 Å². The SMILES string of the molecule is FC(F)(F)c1ccn(C2CCCN(c3ccnc(C4CC4)n3)C2)n1. The zero-order valence-electron chi connectivity index (χ0n) is 13.1. The van der Waals surface area contributed by atoms with Crippen molar-refractivity contribution in [3.63, 3.8) is 0 Å². The van der Waals surface area contributed by atoms with Crippen LogP contribution in [0.1, 0.15) is 49.2 Å². The fourth-order valence-corrected chi connectivity index (χ4v) is 3.15. The van der Waals surface area contributed by atoms with Crippen molar-refractivity contribution in [2.24, 2.45) is 0 Å². The largest absolute Gasteiger partial charge is 0.435 e. The predicted octanol–water partition coefficient (Wildman–Crippen LogP) is 3.41. The maximum absolute atomic E-state index is 12.7. The summed E-state index contributed by atoms with van der Waals surface area (Å²) in [5, 5.41) is 3.72. The van der Waals surface area contributed by atoms with E-state index in [0.717, 1.165) is 49.9 Å². The molecule has 1 atom stereocenters. The molecule has 0 amide bonds. The van der Waals surface area contributed by atoms with Crippen LogP contribution in [0.4, 0.5) is 19.0 Å². The Bertz CT molecular complexity index is 722. The van der Waals surface area contributed by atoms with Crippen LogP contribution in [-0.4, -0.2) is 32.8 Å². The van der Waals surface area contributed by atoms with Gasteiger partial charge in [0.05, 0.1) is 6.04 Å². The normalized spacial score (nSPS) is 22.0. The molecule has 3 heterocycles. The fourth-order valence-electron chi connectivity index (χ4n) is 3.15. The number of aromatic nitrogens is 4. The van der Waals surface area contributed by atoms with Crippen molar-refractivity contribution in [1.82, 2.24) is 19.7 Å². The molecule has 4 rings (SSSR count). The molecule has 2 aromatic rings. The van der Waals surface area contributed by atoms with E-state index in [-0.39, 0.29) is 6.04 Å². The maximum Gasteiger partial charge on any atom is 0.435 e. The standard InChI is InChI=1S/C16H18F3N5/c17-16(18,19)13-6-9-24(22-13)12-2-1-8-23(10-12)14-5-7-20-15(21-14)11-3-4-11/h5-7,9,11-12H,1-4,8,10H2. The van der Waals surface area contributed by atoms with Crippen molar-refractivity contribution in [2.75, 3.05) is 18.0 Å². The second-order valence-corrected chi connectivity index (χ2v) is 6.47. The monoisotopic (exact) mass is 337 g/mol. The Morgan fingerprint density at radius 2 is 1.96 bits per heavy atom. The van der Waals surface area contributed by atoms with Crippen LogP contribution in [0.2, 0.25) is 0 Å². The molecular weight excluding hydrogens is 319 g/mol. The van der Waals surface area contributed by atoms with Crippen molar-refractivity contribution in [1.29, 1.82) is 0 Å². The summed E-state index contributed by atoms with van der Waals surface area (Å²) in [6.07, 6.45) is 2.79. The van der Waals surface area contributed by atoms with E-state index in [9.17, 15) is 13.2 Å². The topological polar surface area (TPSA) is 46.8 Å². The zero-order valence-corrected chi connectivity index (χ0v) is 13.1. The van der Waals surface area contributed by atoms with E-state index >= 15 is 0 Å². The molecule has 1 unspecified atom stereocenters. The minimum atomic E-state index is -4.40. The number of halogens is 3. The summed E-state index contributed by atoms with van der Waals surface area (Å²) < 4.78 is 39.6. The van der Waals surface area contributed by atoms with Crippen molar-refractivity contribution in [3.8, 4) is 0 Å². The van der Waals surface area contributed by atoms with Gasteiger partial charge in [-0.15, -0.1) is 0 Å². The average molecular weight is 337 g/mol. The van der Waals surface area contributed by atoms with Crippen LogP contribution in [0, 0.1) is 0 Å². The average Bonchev–Trinajstić information content (AvgIpc) is 3.30. The van der Waals surface area contributed by atoms with E-state index in [1.54, 1.807) is 6.20 Å². The van der Waals surface area contributed by atoms with Gasteiger partial charge in [0, 0.05) is 31.4 Å². The molecule has 0 aromatic carbocycles. The molecule has 1 aliphatic heterocycles. The summed E-state index contributed by atoms with van der Waals surface area (Å²) in [5.74, 6) is 2.22. The number of alkyl halides is 3. The lowest BCUT2D eigenvalue weighted by molar-refractivity contribution is -0.141. The van der Waals surface area contributed by atoms with Gasteiger partial charge in [-0.25, -0.2) is 9.97 Å². The number of rotatable bonds is 3. The maximum atomic E-state index is 12.7. The summed E-state index contributed by atoms with van der Waals surface area (Å²) in [6.45, 7) is 1.46. The lowest BCUT2D eigenvalue weighted by Gasteiger charge is -2.33. The van der Waals surface area contributed by atoms with E-state index in [4.69, 9.17) is 0 Å². The Morgan fingerprint density at radius 3 is 2.67 bits per heavy atom. The molecule has 2 fully saturated rings. The van der Waals surface area contributed by atoms with Crippen LogP contribution in [0.5, 0.6) is 0 Å². The second-order valence-electron chi connectivity index (χ2n) is 6.47. The van der Waals surface area contributed by atoms with Crippen LogP contribution in [0.25, 0.3) is 0 Å². The number of hydrogen-bond donors (Lipinski definition) is 0. The van der Waals surface area contributed by atoms with Gasteiger partial charge < -0.3 is 4.90 Å². The Balaban J connectivity index is 1.51. The molecule has 8 heteroatoms. The van der Waals surface area contributed by atoms with Gasteiger partial charge in [0.25, 0.3) is 0 Å². The quantitative estimate of drug-likeness (QED) is 0.861. The molecule has 0 N–H and O–H groups in total. The highest BCUT2D eigenvalue weighted by atomic mass is 19.4. The highest BCUT2D eigenvalue weighted by Gasteiger charge is 2.34. The number of nitrogens with zero attached hydrogens (tertiary/aromatic N) is 5. The van der Waals surface area contributed by atoms with Crippen molar-refractivity contribution >= 4 is 5.82 Å². The molecule has 1 saturated heterocycles. The van der Waals surface area contributed by atoms with Crippen LogP contribution in [0.3, 0.4) is 0 Å². The number of hydrogen-bond acceptors (Lipinski definition) is 4. The highest BCUT2D eigenvalue weighted by Crippen LogP contribution is 2.38. The summed E-state index contributed by atoms with van der Waals surface area (Å²) in [5.41, 5.74) is -0.835. The first-order valence-corrected chi connectivity index (χ1v) is 8.21. The van der Waals surface area contributed by atoms with Crippen LogP contribution >= 0.6 is 0 Å². The first-order chi connectivity index (χ1) is 11.5. The Morgan fingerprint density at radius 1 is 1.12 bits per heavy atom. The van der Waals surface area contributed by atoms with E-state index in [2.05, 4.69) is 20.0 Å². The molecule has 1 saturated carbocycles. The molecule has 0 spiro atoms. The van der Waals surface area contributed by atoms with Gasteiger partial charge in [0.1, 0.15) is 11.6 Å². The van der Waals surface area contributed by atoms with Gasteiger partial charge in [-0.05, 0) is 37.8 Å². The lowest BCUT2D eigenvalue weighted by atomic mass is 10.1. The van der Waals surface area contributed by atoms with Gasteiger partial charge >= 0.3 is 6.18 Å².